The van der Waals surface area contributed by atoms with Crippen LogP contribution in [0.3, 0.4) is 0 Å². The maximum Gasteiger partial charge on any atom is 0.226 e. The first-order valence-corrected chi connectivity index (χ1v) is 6.20. The summed E-state index contributed by atoms with van der Waals surface area (Å²) in [6.45, 7) is 3.77. The normalized spacial score (nSPS) is 17.4. The van der Waals surface area contributed by atoms with Gasteiger partial charge in [-0.3, -0.25) is 4.79 Å². The zero-order valence-electron chi connectivity index (χ0n) is 9.50. The summed E-state index contributed by atoms with van der Waals surface area (Å²) in [5, 5.41) is 0. The molecule has 0 radical (unpaired) electrons. The minimum atomic E-state index is 0.219. The van der Waals surface area contributed by atoms with Crippen molar-refractivity contribution in [1.82, 2.24) is 4.90 Å². The molecule has 0 saturated carbocycles. The maximum atomic E-state index is 11.8. The third-order valence-electron chi connectivity index (χ3n) is 2.54. The molecule has 0 aromatic carbocycles. The second-order valence-electron chi connectivity index (χ2n) is 3.94. The van der Waals surface area contributed by atoms with Gasteiger partial charge in [0.15, 0.2) is 0 Å². The molecule has 1 aliphatic rings. The molecule has 1 heterocycles. The van der Waals surface area contributed by atoms with Gasteiger partial charge in [0.25, 0.3) is 0 Å². The molecular weight excluding hydrogens is 266 g/mol. The maximum absolute atomic E-state index is 11.8. The van der Waals surface area contributed by atoms with Crippen LogP contribution in [0.4, 0.5) is 0 Å². The molecule has 0 aromatic rings. The fourth-order valence-electron chi connectivity index (χ4n) is 1.64. The standard InChI is InChI=1S/C13H16BrNO/c1-3-12(14)7-6-11(2)10-13(16)15-8-4-5-9-15/h1,6-7H,4-5,8-10H2,2H3/b11-6+,12-7+. The zero-order chi connectivity index (χ0) is 12.0. The van der Waals surface area contributed by atoms with Gasteiger partial charge in [-0.2, -0.15) is 0 Å². The summed E-state index contributed by atoms with van der Waals surface area (Å²) in [7, 11) is 0. The number of terminal acetylenes is 1. The van der Waals surface area contributed by atoms with Crippen LogP contribution in [0.1, 0.15) is 26.2 Å². The van der Waals surface area contributed by atoms with E-state index < -0.39 is 0 Å². The van der Waals surface area contributed by atoms with Crippen LogP contribution in [0.25, 0.3) is 0 Å². The van der Waals surface area contributed by atoms with Gasteiger partial charge in [-0.15, -0.1) is 6.42 Å². The van der Waals surface area contributed by atoms with Crippen molar-refractivity contribution in [2.75, 3.05) is 13.1 Å². The predicted octanol–water partition coefficient (Wildman–Crippen LogP) is 2.86. The lowest BCUT2D eigenvalue weighted by Crippen LogP contribution is -2.27. The van der Waals surface area contributed by atoms with E-state index in [1.54, 1.807) is 6.08 Å². The second-order valence-corrected chi connectivity index (χ2v) is 4.79. The van der Waals surface area contributed by atoms with Crippen molar-refractivity contribution in [3.63, 3.8) is 0 Å². The second kappa shape index (κ2) is 6.55. The summed E-state index contributed by atoms with van der Waals surface area (Å²) < 4.78 is 0.695. The molecule has 1 saturated heterocycles. The van der Waals surface area contributed by atoms with Gasteiger partial charge in [-0.25, -0.2) is 0 Å². The van der Waals surface area contributed by atoms with Crippen molar-refractivity contribution in [3.05, 3.63) is 22.2 Å². The van der Waals surface area contributed by atoms with Crippen molar-refractivity contribution in [2.45, 2.75) is 26.2 Å². The molecule has 0 atom stereocenters. The van der Waals surface area contributed by atoms with Crippen molar-refractivity contribution in [2.24, 2.45) is 0 Å². The number of halogens is 1. The molecule has 1 aliphatic heterocycles. The molecule has 2 nitrogen and oxygen atoms in total. The molecule has 0 aromatic heterocycles. The number of hydrogen-bond acceptors (Lipinski definition) is 1. The van der Waals surface area contributed by atoms with Gasteiger partial charge in [0, 0.05) is 19.5 Å². The average Bonchev–Trinajstić information content (AvgIpc) is 2.79. The number of rotatable bonds is 3. The first-order valence-electron chi connectivity index (χ1n) is 5.41. The van der Waals surface area contributed by atoms with E-state index in [9.17, 15) is 4.79 Å². The Labute approximate surface area is 106 Å². The molecule has 1 fully saturated rings. The number of likely N-dealkylation sites (tertiary alicyclic amines) is 1. The molecular formula is C13H16BrNO. The Balaban J connectivity index is 2.47. The topological polar surface area (TPSA) is 20.3 Å². The Morgan fingerprint density at radius 3 is 2.62 bits per heavy atom. The molecule has 3 heteroatoms. The summed E-state index contributed by atoms with van der Waals surface area (Å²) in [5.41, 5.74) is 1.03. The lowest BCUT2D eigenvalue weighted by Gasteiger charge is -2.14. The van der Waals surface area contributed by atoms with E-state index in [4.69, 9.17) is 6.42 Å². The molecule has 0 unspecified atom stereocenters. The van der Waals surface area contributed by atoms with Crippen molar-refractivity contribution >= 4 is 21.8 Å². The molecule has 1 amide bonds. The third-order valence-corrected chi connectivity index (χ3v) is 3.03. The van der Waals surface area contributed by atoms with Crippen LogP contribution < -0.4 is 0 Å². The van der Waals surface area contributed by atoms with E-state index in [-0.39, 0.29) is 5.91 Å². The van der Waals surface area contributed by atoms with E-state index in [1.165, 1.54) is 0 Å². The lowest BCUT2D eigenvalue weighted by molar-refractivity contribution is -0.129. The summed E-state index contributed by atoms with van der Waals surface area (Å²) in [6, 6.07) is 0. The molecule has 16 heavy (non-hydrogen) atoms. The highest BCUT2D eigenvalue weighted by Gasteiger charge is 2.17. The number of amides is 1. The molecule has 1 rings (SSSR count). The number of hydrogen-bond donors (Lipinski definition) is 0. The first-order chi connectivity index (χ1) is 7.63. The van der Waals surface area contributed by atoms with Gasteiger partial charge in [0.1, 0.15) is 0 Å². The van der Waals surface area contributed by atoms with Crippen LogP contribution in [-0.4, -0.2) is 23.9 Å². The summed E-state index contributed by atoms with van der Waals surface area (Å²) in [5.74, 6) is 2.69. The Kier molecular flexibility index (Phi) is 5.34. The van der Waals surface area contributed by atoms with Crippen LogP contribution in [0, 0.1) is 12.3 Å². The Hall–Kier alpha value is -1.01. The number of nitrogens with zero attached hydrogens (tertiary/aromatic N) is 1. The van der Waals surface area contributed by atoms with Crippen molar-refractivity contribution < 1.29 is 4.79 Å². The fraction of sp³-hybridized carbons (Fsp3) is 0.462. The highest BCUT2D eigenvalue weighted by atomic mass is 79.9. The Bertz CT molecular complexity index is 357. The van der Waals surface area contributed by atoms with Crippen molar-refractivity contribution in [1.29, 1.82) is 0 Å². The van der Waals surface area contributed by atoms with Gasteiger partial charge in [0.05, 0.1) is 4.48 Å². The Morgan fingerprint density at radius 2 is 2.06 bits per heavy atom. The van der Waals surface area contributed by atoms with Gasteiger partial charge >= 0.3 is 0 Å². The monoisotopic (exact) mass is 281 g/mol. The van der Waals surface area contributed by atoms with E-state index >= 15 is 0 Å². The molecule has 0 N–H and O–H groups in total. The largest absolute Gasteiger partial charge is 0.342 e. The van der Waals surface area contributed by atoms with E-state index in [2.05, 4.69) is 21.9 Å². The van der Waals surface area contributed by atoms with E-state index in [1.807, 2.05) is 17.9 Å². The third kappa shape index (κ3) is 4.24. The fourth-order valence-corrected chi connectivity index (χ4v) is 1.77. The van der Waals surface area contributed by atoms with Gasteiger partial charge in [-0.1, -0.05) is 17.6 Å². The first kappa shape index (κ1) is 13.1. The molecule has 86 valence electrons. The lowest BCUT2D eigenvalue weighted by atomic mass is 10.2. The minimum Gasteiger partial charge on any atom is -0.342 e. The van der Waals surface area contributed by atoms with E-state index in [0.717, 1.165) is 31.5 Å². The predicted molar refractivity (Wildman–Crippen MR) is 70.0 cm³/mol. The van der Waals surface area contributed by atoms with Crippen LogP contribution in [0.2, 0.25) is 0 Å². The summed E-state index contributed by atoms with van der Waals surface area (Å²) >= 11 is 3.22. The zero-order valence-corrected chi connectivity index (χ0v) is 11.1. The smallest absolute Gasteiger partial charge is 0.226 e. The van der Waals surface area contributed by atoms with Crippen LogP contribution in [0.15, 0.2) is 22.2 Å². The van der Waals surface area contributed by atoms with Gasteiger partial charge in [0.2, 0.25) is 5.91 Å². The number of carbonyl (C=O) groups is 1. The van der Waals surface area contributed by atoms with Crippen LogP contribution in [-0.2, 0) is 4.79 Å². The molecule has 0 bridgehead atoms. The highest BCUT2D eigenvalue weighted by Crippen LogP contribution is 2.12. The summed E-state index contributed by atoms with van der Waals surface area (Å²) in [4.78, 5) is 13.7. The van der Waals surface area contributed by atoms with Gasteiger partial charge in [-0.05, 0) is 41.8 Å². The number of carbonyl (C=O) groups excluding carboxylic acids is 1. The van der Waals surface area contributed by atoms with Crippen LogP contribution >= 0.6 is 15.9 Å². The van der Waals surface area contributed by atoms with Gasteiger partial charge < -0.3 is 4.90 Å². The Morgan fingerprint density at radius 1 is 1.44 bits per heavy atom. The SMILES string of the molecule is C#C/C(Br)=C\C=C(/C)CC(=O)N1CCCC1. The average molecular weight is 282 g/mol. The summed E-state index contributed by atoms with van der Waals surface area (Å²) in [6.07, 6.45) is 11.6. The molecule has 0 aliphatic carbocycles. The number of allylic oxidation sites excluding steroid dienone is 3. The van der Waals surface area contributed by atoms with Crippen molar-refractivity contribution in [3.8, 4) is 12.3 Å². The highest BCUT2D eigenvalue weighted by molar-refractivity contribution is 9.12. The van der Waals surface area contributed by atoms with E-state index in [0.29, 0.717) is 10.9 Å². The van der Waals surface area contributed by atoms with Crippen LogP contribution in [0.5, 0.6) is 0 Å². The quantitative estimate of drug-likeness (QED) is 0.576. The minimum absolute atomic E-state index is 0.219. The molecule has 0 spiro atoms.